The Labute approximate surface area is 177 Å². The van der Waals surface area contributed by atoms with E-state index in [9.17, 15) is 19.2 Å². The molecule has 3 atom stereocenters. The van der Waals surface area contributed by atoms with Gasteiger partial charge in [-0.25, -0.2) is 0 Å². The van der Waals surface area contributed by atoms with E-state index >= 15 is 0 Å². The summed E-state index contributed by atoms with van der Waals surface area (Å²) in [6.45, 7) is 3.92. The van der Waals surface area contributed by atoms with Gasteiger partial charge in [-0.3, -0.25) is 19.2 Å². The molecule has 30 heavy (non-hydrogen) atoms. The maximum Gasteiger partial charge on any atom is 0.322 e. The van der Waals surface area contributed by atoms with Crippen molar-refractivity contribution in [1.82, 2.24) is 16.0 Å². The van der Waals surface area contributed by atoms with E-state index in [0.717, 1.165) is 6.42 Å². The molecule has 0 bridgehead atoms. The number of hydrogen-bond donors (Lipinski definition) is 7. The third-order valence-corrected chi connectivity index (χ3v) is 4.55. The molecule has 0 aromatic carbocycles. The third-order valence-electron chi connectivity index (χ3n) is 4.55. The van der Waals surface area contributed by atoms with Gasteiger partial charge in [-0.05, 0) is 51.1 Å². The van der Waals surface area contributed by atoms with Gasteiger partial charge in [0.05, 0.1) is 6.04 Å². The lowest BCUT2D eigenvalue weighted by molar-refractivity contribution is -0.138. The van der Waals surface area contributed by atoms with Crippen molar-refractivity contribution in [2.45, 2.75) is 70.5 Å². The summed E-state index contributed by atoms with van der Waals surface area (Å²) in [5.74, 6) is -3.02. The number of nitrogens with two attached hydrogens (primary N) is 3. The van der Waals surface area contributed by atoms with Crippen molar-refractivity contribution >= 4 is 23.7 Å². The van der Waals surface area contributed by atoms with E-state index in [4.69, 9.17) is 22.3 Å². The van der Waals surface area contributed by atoms with E-state index in [1.165, 1.54) is 0 Å². The number of aliphatic carboxylic acids is 1. The lowest BCUT2D eigenvalue weighted by Crippen LogP contribution is -2.57. The van der Waals surface area contributed by atoms with Crippen LogP contribution >= 0.6 is 0 Å². The molecule has 10 N–H and O–H groups in total. The van der Waals surface area contributed by atoms with Crippen molar-refractivity contribution < 1.29 is 24.3 Å². The molecule has 0 aromatic rings. The number of carboxylic acid groups (broad SMARTS) is 1. The Bertz CT molecular complexity index is 558. The van der Waals surface area contributed by atoms with E-state index in [-0.39, 0.29) is 5.92 Å². The van der Waals surface area contributed by atoms with E-state index in [0.29, 0.717) is 45.2 Å². The van der Waals surface area contributed by atoms with Gasteiger partial charge < -0.3 is 38.3 Å². The maximum absolute atomic E-state index is 12.8. The van der Waals surface area contributed by atoms with Gasteiger partial charge in [-0.1, -0.05) is 20.3 Å². The van der Waals surface area contributed by atoms with Crippen molar-refractivity contribution in [2.75, 3.05) is 19.6 Å². The van der Waals surface area contributed by atoms with Crippen LogP contribution < -0.4 is 33.2 Å². The number of carboxylic acids is 1. The molecule has 3 unspecified atom stereocenters. The number of nitrogens with one attached hydrogen (secondary N) is 3. The quantitative estimate of drug-likeness (QED) is 0.142. The van der Waals surface area contributed by atoms with Crippen LogP contribution in [0.15, 0.2) is 0 Å². The molecular weight excluding hydrogens is 392 g/mol. The SMILES string of the molecule is CC(C)C(NC(=O)C(N)CCCCN)C(=O)NC(CCCCN)C(=O)NCC(=O)O. The molecule has 0 aromatic heterocycles. The van der Waals surface area contributed by atoms with E-state index in [1.807, 2.05) is 0 Å². The van der Waals surface area contributed by atoms with Crippen LogP contribution in [0.25, 0.3) is 0 Å². The molecule has 0 aliphatic rings. The fraction of sp³-hybridized carbons (Fsp3) is 0.789. The van der Waals surface area contributed by atoms with Crippen LogP contribution in [-0.4, -0.2) is 66.6 Å². The summed E-state index contributed by atoms with van der Waals surface area (Å²) in [5, 5.41) is 16.3. The predicted octanol–water partition coefficient (Wildman–Crippen LogP) is -1.60. The van der Waals surface area contributed by atoms with Crippen LogP contribution in [-0.2, 0) is 19.2 Å². The standard InChI is InChI=1S/C19H38N6O5/c1-12(2)16(25-17(28)13(22)7-3-5-9-20)19(30)24-14(8-4-6-10-21)18(29)23-11-15(26)27/h12-14,16H,3-11,20-22H2,1-2H3,(H,23,29)(H,24,30)(H,25,28)(H,26,27). The number of unbranched alkanes of at least 4 members (excludes halogenated alkanes) is 2. The molecule has 0 saturated carbocycles. The summed E-state index contributed by atoms with van der Waals surface area (Å²) in [5.41, 5.74) is 16.8. The molecule has 0 saturated heterocycles. The molecule has 0 aliphatic heterocycles. The summed E-state index contributed by atoms with van der Waals surface area (Å²) in [6.07, 6.45) is 3.44. The van der Waals surface area contributed by atoms with Crippen LogP contribution in [0.2, 0.25) is 0 Å². The highest BCUT2D eigenvalue weighted by Crippen LogP contribution is 2.07. The van der Waals surface area contributed by atoms with Crippen molar-refractivity contribution in [2.24, 2.45) is 23.1 Å². The minimum Gasteiger partial charge on any atom is -0.480 e. The molecule has 11 heteroatoms. The van der Waals surface area contributed by atoms with Crippen LogP contribution in [0.4, 0.5) is 0 Å². The van der Waals surface area contributed by atoms with Gasteiger partial charge >= 0.3 is 5.97 Å². The second-order valence-electron chi connectivity index (χ2n) is 7.58. The van der Waals surface area contributed by atoms with Crippen molar-refractivity contribution in [1.29, 1.82) is 0 Å². The molecule has 3 amide bonds. The molecule has 174 valence electrons. The van der Waals surface area contributed by atoms with Crippen molar-refractivity contribution in [3.63, 3.8) is 0 Å². The van der Waals surface area contributed by atoms with Crippen molar-refractivity contribution in [3.05, 3.63) is 0 Å². The summed E-state index contributed by atoms with van der Waals surface area (Å²) in [6, 6.07) is -2.58. The van der Waals surface area contributed by atoms with Gasteiger partial charge in [0, 0.05) is 0 Å². The smallest absolute Gasteiger partial charge is 0.322 e. The summed E-state index contributed by atoms with van der Waals surface area (Å²) >= 11 is 0. The monoisotopic (exact) mass is 430 g/mol. The van der Waals surface area contributed by atoms with Crippen molar-refractivity contribution in [3.8, 4) is 0 Å². The Morgan fingerprint density at radius 1 is 0.833 bits per heavy atom. The van der Waals surface area contributed by atoms with Gasteiger partial charge in [0.1, 0.15) is 18.6 Å². The zero-order chi connectivity index (χ0) is 23.1. The summed E-state index contributed by atoms with van der Waals surface area (Å²) in [4.78, 5) is 48.2. The van der Waals surface area contributed by atoms with Crippen LogP contribution in [0.1, 0.15) is 52.4 Å². The normalized spacial score (nSPS) is 13.9. The zero-order valence-electron chi connectivity index (χ0n) is 18.0. The Morgan fingerprint density at radius 2 is 1.40 bits per heavy atom. The van der Waals surface area contributed by atoms with Gasteiger partial charge in [0.15, 0.2) is 0 Å². The Hall–Kier alpha value is -2.24. The summed E-state index contributed by atoms with van der Waals surface area (Å²) < 4.78 is 0. The van der Waals surface area contributed by atoms with Crippen LogP contribution in [0.5, 0.6) is 0 Å². The van der Waals surface area contributed by atoms with E-state index in [2.05, 4.69) is 16.0 Å². The fourth-order valence-corrected chi connectivity index (χ4v) is 2.74. The lowest BCUT2D eigenvalue weighted by atomic mass is 10.0. The molecule has 0 radical (unpaired) electrons. The Morgan fingerprint density at radius 3 is 1.90 bits per heavy atom. The van der Waals surface area contributed by atoms with E-state index < -0.39 is 48.4 Å². The Balaban J connectivity index is 5.05. The van der Waals surface area contributed by atoms with E-state index in [1.54, 1.807) is 13.8 Å². The van der Waals surface area contributed by atoms with Gasteiger partial charge in [0.25, 0.3) is 0 Å². The van der Waals surface area contributed by atoms with Gasteiger partial charge in [-0.15, -0.1) is 0 Å². The highest BCUT2D eigenvalue weighted by atomic mass is 16.4. The first-order chi connectivity index (χ1) is 14.1. The first-order valence-corrected chi connectivity index (χ1v) is 10.4. The minimum absolute atomic E-state index is 0.253. The largest absolute Gasteiger partial charge is 0.480 e. The molecule has 0 aliphatic carbocycles. The maximum atomic E-state index is 12.8. The number of carbonyl (C=O) groups is 4. The first kappa shape index (κ1) is 27.8. The first-order valence-electron chi connectivity index (χ1n) is 10.4. The topological polar surface area (TPSA) is 203 Å². The second kappa shape index (κ2) is 15.6. The number of rotatable bonds is 16. The summed E-state index contributed by atoms with van der Waals surface area (Å²) in [7, 11) is 0. The Kier molecular flexibility index (Phi) is 14.4. The molecular formula is C19H38N6O5. The minimum atomic E-state index is -1.19. The fourth-order valence-electron chi connectivity index (χ4n) is 2.74. The lowest BCUT2D eigenvalue weighted by Gasteiger charge is -2.26. The average molecular weight is 431 g/mol. The average Bonchev–Trinajstić information content (AvgIpc) is 2.68. The van der Waals surface area contributed by atoms with Crippen LogP contribution in [0.3, 0.4) is 0 Å². The molecule has 0 fully saturated rings. The second-order valence-corrected chi connectivity index (χ2v) is 7.58. The van der Waals surface area contributed by atoms with Gasteiger partial charge in [-0.2, -0.15) is 0 Å². The molecule has 0 heterocycles. The number of hydrogen-bond acceptors (Lipinski definition) is 7. The molecule has 11 nitrogen and oxygen atoms in total. The van der Waals surface area contributed by atoms with Crippen LogP contribution in [0, 0.1) is 5.92 Å². The van der Waals surface area contributed by atoms with Gasteiger partial charge in [0.2, 0.25) is 17.7 Å². The number of amides is 3. The highest BCUT2D eigenvalue weighted by Gasteiger charge is 2.29. The highest BCUT2D eigenvalue weighted by molar-refractivity contribution is 5.93. The predicted molar refractivity (Wildman–Crippen MR) is 113 cm³/mol. The molecule has 0 rings (SSSR count). The third kappa shape index (κ3) is 11.7. The molecule has 0 spiro atoms. The zero-order valence-corrected chi connectivity index (χ0v) is 18.0. The number of carbonyl (C=O) groups excluding carboxylic acids is 3.